The summed E-state index contributed by atoms with van der Waals surface area (Å²) < 4.78 is 29.4. The first-order chi connectivity index (χ1) is 6.02. The SMILES string of the molecule is NC(=S)CS(=O)(=O)N1CCOCC1. The zero-order valence-electron chi connectivity index (χ0n) is 7.10. The summed E-state index contributed by atoms with van der Waals surface area (Å²) in [5.74, 6) is -0.248. The van der Waals surface area contributed by atoms with Gasteiger partial charge in [0.2, 0.25) is 10.0 Å². The highest BCUT2D eigenvalue weighted by molar-refractivity contribution is 7.92. The number of hydrogen-bond acceptors (Lipinski definition) is 4. The molecule has 2 N–H and O–H groups in total. The van der Waals surface area contributed by atoms with Gasteiger partial charge < -0.3 is 10.5 Å². The minimum Gasteiger partial charge on any atom is -0.392 e. The number of sulfonamides is 1. The molecule has 0 aromatic heterocycles. The zero-order chi connectivity index (χ0) is 9.90. The van der Waals surface area contributed by atoms with Crippen molar-refractivity contribution in [1.82, 2.24) is 4.31 Å². The highest BCUT2D eigenvalue weighted by Gasteiger charge is 2.24. The lowest BCUT2D eigenvalue weighted by Crippen LogP contribution is -2.43. The summed E-state index contributed by atoms with van der Waals surface area (Å²) >= 11 is 4.55. The maximum Gasteiger partial charge on any atom is 0.220 e. The maximum atomic E-state index is 11.5. The van der Waals surface area contributed by atoms with Crippen LogP contribution in [0.15, 0.2) is 0 Å². The van der Waals surface area contributed by atoms with Crippen LogP contribution in [0.5, 0.6) is 0 Å². The van der Waals surface area contributed by atoms with Crippen molar-refractivity contribution in [1.29, 1.82) is 0 Å². The maximum absolute atomic E-state index is 11.5. The number of rotatable bonds is 3. The van der Waals surface area contributed by atoms with Gasteiger partial charge in [-0.05, 0) is 0 Å². The third kappa shape index (κ3) is 3.18. The second-order valence-corrected chi connectivity index (χ2v) is 5.23. The fraction of sp³-hybridized carbons (Fsp3) is 0.833. The van der Waals surface area contributed by atoms with Crippen LogP contribution in [-0.4, -0.2) is 49.8 Å². The van der Waals surface area contributed by atoms with Gasteiger partial charge in [-0.1, -0.05) is 12.2 Å². The largest absolute Gasteiger partial charge is 0.392 e. The quantitative estimate of drug-likeness (QED) is 0.618. The molecule has 1 rings (SSSR count). The Morgan fingerprint density at radius 3 is 2.46 bits per heavy atom. The zero-order valence-corrected chi connectivity index (χ0v) is 8.73. The van der Waals surface area contributed by atoms with Crippen molar-refractivity contribution >= 4 is 27.2 Å². The van der Waals surface area contributed by atoms with E-state index >= 15 is 0 Å². The molecular weight excluding hydrogens is 212 g/mol. The van der Waals surface area contributed by atoms with E-state index in [0.29, 0.717) is 26.3 Å². The molecule has 0 bridgehead atoms. The van der Waals surface area contributed by atoms with Crippen molar-refractivity contribution < 1.29 is 13.2 Å². The van der Waals surface area contributed by atoms with E-state index in [9.17, 15) is 8.42 Å². The van der Waals surface area contributed by atoms with E-state index in [1.807, 2.05) is 0 Å². The van der Waals surface area contributed by atoms with Gasteiger partial charge in [0.1, 0.15) is 5.75 Å². The molecule has 7 heteroatoms. The van der Waals surface area contributed by atoms with Gasteiger partial charge in [-0.15, -0.1) is 0 Å². The molecule has 0 amide bonds. The molecule has 1 saturated heterocycles. The Hall–Kier alpha value is -0.240. The van der Waals surface area contributed by atoms with E-state index in [0.717, 1.165) is 0 Å². The summed E-state index contributed by atoms with van der Waals surface area (Å²) in [4.78, 5) is 0.00601. The Labute approximate surface area is 82.9 Å². The Balaban J connectivity index is 2.62. The fourth-order valence-corrected chi connectivity index (χ4v) is 2.79. The number of ether oxygens (including phenoxy) is 1. The number of hydrogen-bond donors (Lipinski definition) is 1. The van der Waals surface area contributed by atoms with Crippen molar-refractivity contribution in [3.05, 3.63) is 0 Å². The van der Waals surface area contributed by atoms with Crippen molar-refractivity contribution in [3.8, 4) is 0 Å². The molecule has 0 aromatic rings. The van der Waals surface area contributed by atoms with Gasteiger partial charge in [-0.25, -0.2) is 8.42 Å². The highest BCUT2D eigenvalue weighted by atomic mass is 32.2. The minimum absolute atomic E-state index is 0.00601. The van der Waals surface area contributed by atoms with Gasteiger partial charge in [0.05, 0.1) is 18.2 Å². The monoisotopic (exact) mass is 224 g/mol. The standard InChI is InChI=1S/C6H12N2O3S2/c7-6(12)5-13(9,10)8-1-3-11-4-2-8/h1-5H2,(H2,7,12). The molecule has 76 valence electrons. The molecule has 1 aliphatic rings. The lowest BCUT2D eigenvalue weighted by Gasteiger charge is -2.25. The van der Waals surface area contributed by atoms with Crippen molar-refractivity contribution in [3.63, 3.8) is 0 Å². The third-order valence-corrected chi connectivity index (χ3v) is 3.84. The first-order valence-corrected chi connectivity index (χ1v) is 5.88. The fourth-order valence-electron chi connectivity index (χ4n) is 1.10. The minimum atomic E-state index is -3.30. The summed E-state index contributed by atoms with van der Waals surface area (Å²) in [5.41, 5.74) is 5.18. The predicted octanol–water partition coefficient (Wildman–Crippen LogP) is -1.07. The Morgan fingerprint density at radius 2 is 2.00 bits per heavy atom. The average Bonchev–Trinajstić information content (AvgIpc) is 2.04. The first-order valence-electron chi connectivity index (χ1n) is 3.86. The number of nitrogens with zero attached hydrogens (tertiary/aromatic N) is 1. The second kappa shape index (κ2) is 4.32. The highest BCUT2D eigenvalue weighted by Crippen LogP contribution is 2.05. The van der Waals surface area contributed by atoms with E-state index in [-0.39, 0.29) is 10.7 Å². The molecule has 0 spiro atoms. The van der Waals surface area contributed by atoms with Crippen LogP contribution in [0.4, 0.5) is 0 Å². The van der Waals surface area contributed by atoms with Crippen molar-refractivity contribution in [2.45, 2.75) is 0 Å². The summed E-state index contributed by atoms with van der Waals surface area (Å²) in [6, 6.07) is 0. The van der Waals surface area contributed by atoms with Gasteiger partial charge in [0, 0.05) is 13.1 Å². The van der Waals surface area contributed by atoms with Crippen LogP contribution in [-0.2, 0) is 14.8 Å². The molecule has 0 aliphatic carbocycles. The summed E-state index contributed by atoms with van der Waals surface area (Å²) in [5, 5.41) is 0. The molecule has 0 atom stereocenters. The van der Waals surface area contributed by atoms with Gasteiger partial charge in [-0.2, -0.15) is 4.31 Å². The van der Waals surface area contributed by atoms with Crippen molar-refractivity contribution in [2.24, 2.45) is 5.73 Å². The molecule has 13 heavy (non-hydrogen) atoms. The molecule has 0 unspecified atom stereocenters. The third-order valence-electron chi connectivity index (χ3n) is 1.69. The normalized spacial score (nSPS) is 20.0. The van der Waals surface area contributed by atoms with E-state index < -0.39 is 10.0 Å². The topological polar surface area (TPSA) is 72.6 Å². The lowest BCUT2D eigenvalue weighted by atomic mass is 10.5. The molecule has 0 radical (unpaired) electrons. The van der Waals surface area contributed by atoms with Gasteiger partial charge in [0.25, 0.3) is 0 Å². The number of morpholine rings is 1. The Bertz CT molecular complexity index is 282. The van der Waals surface area contributed by atoms with Crippen LogP contribution >= 0.6 is 12.2 Å². The number of nitrogens with two attached hydrogens (primary N) is 1. The summed E-state index contributed by atoms with van der Waals surface area (Å²) in [6.07, 6.45) is 0. The van der Waals surface area contributed by atoms with E-state index in [1.54, 1.807) is 0 Å². The lowest BCUT2D eigenvalue weighted by molar-refractivity contribution is 0.0732. The smallest absolute Gasteiger partial charge is 0.220 e. The van der Waals surface area contributed by atoms with Crippen LogP contribution in [0.25, 0.3) is 0 Å². The summed E-state index contributed by atoms with van der Waals surface area (Å²) in [6.45, 7) is 1.67. The molecule has 1 aliphatic heterocycles. The average molecular weight is 224 g/mol. The molecule has 0 saturated carbocycles. The van der Waals surface area contributed by atoms with Crippen LogP contribution in [0.1, 0.15) is 0 Å². The van der Waals surface area contributed by atoms with Crippen LogP contribution in [0.2, 0.25) is 0 Å². The van der Waals surface area contributed by atoms with Crippen LogP contribution < -0.4 is 5.73 Å². The molecular formula is C6H12N2O3S2. The second-order valence-electron chi connectivity index (χ2n) is 2.73. The Kier molecular flexibility index (Phi) is 3.60. The molecule has 0 aromatic carbocycles. The van der Waals surface area contributed by atoms with Gasteiger partial charge in [0.15, 0.2) is 0 Å². The molecule has 1 heterocycles. The van der Waals surface area contributed by atoms with E-state index in [2.05, 4.69) is 12.2 Å². The Morgan fingerprint density at radius 1 is 1.46 bits per heavy atom. The van der Waals surface area contributed by atoms with Gasteiger partial charge >= 0.3 is 0 Å². The first kappa shape index (κ1) is 10.8. The van der Waals surface area contributed by atoms with Crippen LogP contribution in [0, 0.1) is 0 Å². The van der Waals surface area contributed by atoms with E-state index in [4.69, 9.17) is 10.5 Å². The van der Waals surface area contributed by atoms with Crippen molar-refractivity contribution in [2.75, 3.05) is 32.1 Å². The number of thiocarbonyl (C=S) groups is 1. The van der Waals surface area contributed by atoms with Crippen LogP contribution in [0.3, 0.4) is 0 Å². The van der Waals surface area contributed by atoms with E-state index in [1.165, 1.54) is 4.31 Å². The predicted molar refractivity (Wildman–Crippen MR) is 53.0 cm³/mol. The summed E-state index contributed by atoms with van der Waals surface area (Å²) in [7, 11) is -3.30. The molecule has 5 nitrogen and oxygen atoms in total. The molecule has 1 fully saturated rings. The van der Waals surface area contributed by atoms with Gasteiger partial charge in [-0.3, -0.25) is 0 Å².